The molecule has 7 heteroatoms. The summed E-state index contributed by atoms with van der Waals surface area (Å²) in [7, 11) is 1.97. The van der Waals surface area contributed by atoms with Gasteiger partial charge in [-0.05, 0) is 24.5 Å². The van der Waals surface area contributed by atoms with Gasteiger partial charge in [-0.2, -0.15) is 5.10 Å². The summed E-state index contributed by atoms with van der Waals surface area (Å²) in [6, 6.07) is 10.2. The van der Waals surface area contributed by atoms with Crippen LogP contribution in [-0.2, 0) is 18.4 Å². The number of hydrogen-bond acceptors (Lipinski definition) is 3. The minimum absolute atomic E-state index is 0. The van der Waals surface area contributed by atoms with E-state index in [9.17, 15) is 0 Å². The molecular weight excluding hydrogens is 453 g/mol. The van der Waals surface area contributed by atoms with Crippen LogP contribution in [0.25, 0.3) is 0 Å². The first-order valence-electron chi connectivity index (χ1n) is 9.39. The SMILES string of the molecule is CCNC(=NCCOCc1ccccc1)N1CCC(c2cnn(C)c2)C1.I. The Kier molecular flexibility index (Phi) is 9.06. The van der Waals surface area contributed by atoms with Gasteiger partial charge in [-0.3, -0.25) is 9.67 Å². The fraction of sp³-hybridized carbons (Fsp3) is 0.500. The number of nitrogens with zero attached hydrogens (tertiary/aromatic N) is 4. The zero-order chi connectivity index (χ0) is 18.2. The van der Waals surface area contributed by atoms with E-state index >= 15 is 0 Å². The fourth-order valence-electron chi connectivity index (χ4n) is 3.28. The number of aromatic nitrogens is 2. The lowest BCUT2D eigenvalue weighted by atomic mass is 10.0. The molecule has 0 saturated carbocycles. The second kappa shape index (κ2) is 11.3. The normalized spacial score (nSPS) is 17.0. The van der Waals surface area contributed by atoms with Crippen molar-refractivity contribution in [2.45, 2.75) is 25.9 Å². The summed E-state index contributed by atoms with van der Waals surface area (Å²) >= 11 is 0. The molecule has 1 aliphatic rings. The Labute approximate surface area is 179 Å². The Hall–Kier alpha value is -1.61. The molecule has 0 radical (unpaired) electrons. The predicted octanol–water partition coefficient (Wildman–Crippen LogP) is 3.01. The monoisotopic (exact) mass is 483 g/mol. The van der Waals surface area contributed by atoms with E-state index in [1.807, 2.05) is 36.1 Å². The number of guanidine groups is 1. The highest BCUT2D eigenvalue weighted by atomic mass is 127. The highest BCUT2D eigenvalue weighted by molar-refractivity contribution is 14.0. The van der Waals surface area contributed by atoms with E-state index in [2.05, 4.69) is 40.6 Å². The minimum Gasteiger partial charge on any atom is -0.375 e. The fourth-order valence-corrected chi connectivity index (χ4v) is 3.28. The lowest BCUT2D eigenvalue weighted by molar-refractivity contribution is 0.128. The van der Waals surface area contributed by atoms with Crippen LogP contribution in [0.5, 0.6) is 0 Å². The van der Waals surface area contributed by atoms with E-state index < -0.39 is 0 Å². The van der Waals surface area contributed by atoms with Gasteiger partial charge in [0, 0.05) is 38.8 Å². The molecule has 148 valence electrons. The zero-order valence-corrected chi connectivity index (χ0v) is 18.5. The van der Waals surface area contributed by atoms with E-state index in [0.29, 0.717) is 25.7 Å². The molecule has 1 fully saturated rings. The Bertz CT molecular complexity index is 703. The summed E-state index contributed by atoms with van der Waals surface area (Å²) in [5.41, 5.74) is 2.51. The minimum atomic E-state index is 0. The van der Waals surface area contributed by atoms with Gasteiger partial charge in [0.05, 0.1) is 26.0 Å². The summed E-state index contributed by atoms with van der Waals surface area (Å²) in [6.07, 6.45) is 5.24. The topological polar surface area (TPSA) is 54.7 Å². The first-order valence-corrected chi connectivity index (χ1v) is 9.39. The number of rotatable bonds is 7. The first-order chi connectivity index (χ1) is 12.8. The van der Waals surface area contributed by atoms with Crippen LogP contribution in [0.15, 0.2) is 47.7 Å². The highest BCUT2D eigenvalue weighted by Gasteiger charge is 2.26. The van der Waals surface area contributed by atoms with Crippen LogP contribution in [0.4, 0.5) is 0 Å². The molecule has 6 nitrogen and oxygen atoms in total. The van der Waals surface area contributed by atoms with Gasteiger partial charge in [-0.15, -0.1) is 24.0 Å². The molecule has 1 unspecified atom stereocenters. The zero-order valence-electron chi connectivity index (χ0n) is 16.2. The van der Waals surface area contributed by atoms with Gasteiger partial charge >= 0.3 is 0 Å². The summed E-state index contributed by atoms with van der Waals surface area (Å²) in [4.78, 5) is 7.09. The number of benzene rings is 1. The van der Waals surface area contributed by atoms with Crippen molar-refractivity contribution in [3.8, 4) is 0 Å². The van der Waals surface area contributed by atoms with Crippen LogP contribution in [0.3, 0.4) is 0 Å². The number of likely N-dealkylation sites (tertiary alicyclic amines) is 1. The molecule has 0 aliphatic carbocycles. The van der Waals surface area contributed by atoms with Crippen molar-refractivity contribution in [3.05, 3.63) is 53.9 Å². The largest absolute Gasteiger partial charge is 0.375 e. The van der Waals surface area contributed by atoms with E-state index in [4.69, 9.17) is 9.73 Å². The molecule has 2 heterocycles. The maximum atomic E-state index is 5.74. The maximum absolute atomic E-state index is 5.74. The van der Waals surface area contributed by atoms with Gasteiger partial charge in [0.1, 0.15) is 0 Å². The van der Waals surface area contributed by atoms with Gasteiger partial charge in [-0.1, -0.05) is 30.3 Å². The molecule has 1 N–H and O–H groups in total. The quantitative estimate of drug-likeness (QED) is 0.285. The first kappa shape index (κ1) is 21.7. The maximum Gasteiger partial charge on any atom is 0.194 e. The summed E-state index contributed by atoms with van der Waals surface area (Å²) in [5.74, 6) is 1.52. The Morgan fingerprint density at radius 2 is 2.15 bits per heavy atom. The van der Waals surface area contributed by atoms with E-state index in [-0.39, 0.29) is 24.0 Å². The second-order valence-electron chi connectivity index (χ2n) is 6.65. The molecule has 0 bridgehead atoms. The van der Waals surface area contributed by atoms with E-state index in [1.54, 1.807) is 0 Å². The number of aliphatic imine (C=N–C) groups is 1. The van der Waals surface area contributed by atoms with Crippen molar-refractivity contribution >= 4 is 29.9 Å². The van der Waals surface area contributed by atoms with Gasteiger partial charge in [0.15, 0.2) is 5.96 Å². The van der Waals surface area contributed by atoms with Gasteiger partial charge in [0.25, 0.3) is 0 Å². The lowest BCUT2D eigenvalue weighted by Crippen LogP contribution is -2.40. The summed E-state index contributed by atoms with van der Waals surface area (Å²) in [5, 5.41) is 7.71. The van der Waals surface area contributed by atoms with E-state index in [1.165, 1.54) is 11.1 Å². The molecule has 0 spiro atoms. The third-order valence-electron chi connectivity index (χ3n) is 4.63. The van der Waals surface area contributed by atoms with Crippen molar-refractivity contribution in [1.82, 2.24) is 20.0 Å². The van der Waals surface area contributed by atoms with Crippen molar-refractivity contribution in [2.75, 3.05) is 32.8 Å². The highest BCUT2D eigenvalue weighted by Crippen LogP contribution is 2.26. The van der Waals surface area contributed by atoms with Crippen LogP contribution >= 0.6 is 24.0 Å². The average Bonchev–Trinajstić information content (AvgIpc) is 3.30. The Morgan fingerprint density at radius 3 is 2.85 bits per heavy atom. The van der Waals surface area contributed by atoms with Crippen LogP contribution < -0.4 is 5.32 Å². The smallest absolute Gasteiger partial charge is 0.194 e. The molecule has 0 amide bonds. The molecule has 1 saturated heterocycles. The third-order valence-corrected chi connectivity index (χ3v) is 4.63. The Morgan fingerprint density at radius 1 is 1.33 bits per heavy atom. The molecule has 1 aromatic heterocycles. The standard InChI is InChI=1S/C20H29N5O.HI/c1-3-21-20(22-10-12-26-16-17-7-5-4-6-8-17)25-11-9-18(15-25)19-13-23-24(2)14-19;/h4-8,13-14,18H,3,9-12,15-16H2,1-2H3,(H,21,22);1H. The van der Waals surface area contributed by atoms with Crippen LogP contribution in [-0.4, -0.2) is 53.4 Å². The second-order valence-corrected chi connectivity index (χ2v) is 6.65. The van der Waals surface area contributed by atoms with Crippen molar-refractivity contribution in [3.63, 3.8) is 0 Å². The summed E-state index contributed by atoms with van der Waals surface area (Å²) in [6.45, 7) is 6.93. The van der Waals surface area contributed by atoms with Gasteiger partial charge in [0.2, 0.25) is 0 Å². The number of nitrogens with one attached hydrogen (secondary N) is 1. The van der Waals surface area contributed by atoms with Gasteiger partial charge in [-0.25, -0.2) is 0 Å². The Balaban J connectivity index is 0.00000261. The molecular formula is C20H30IN5O. The number of hydrogen-bond donors (Lipinski definition) is 1. The van der Waals surface area contributed by atoms with Crippen molar-refractivity contribution in [1.29, 1.82) is 0 Å². The van der Waals surface area contributed by atoms with Gasteiger partial charge < -0.3 is 15.0 Å². The van der Waals surface area contributed by atoms with Crippen LogP contribution in [0.2, 0.25) is 0 Å². The molecule has 1 aromatic carbocycles. The van der Waals surface area contributed by atoms with Crippen LogP contribution in [0, 0.1) is 0 Å². The molecule has 1 aliphatic heterocycles. The summed E-state index contributed by atoms with van der Waals surface area (Å²) < 4.78 is 7.62. The predicted molar refractivity (Wildman–Crippen MR) is 120 cm³/mol. The van der Waals surface area contributed by atoms with Crippen molar-refractivity contribution in [2.24, 2.45) is 12.0 Å². The molecule has 2 aromatic rings. The molecule has 3 rings (SSSR count). The lowest BCUT2D eigenvalue weighted by Gasteiger charge is -2.21. The number of aryl methyl sites for hydroxylation is 1. The molecule has 27 heavy (non-hydrogen) atoms. The number of halogens is 1. The molecule has 1 atom stereocenters. The third kappa shape index (κ3) is 6.49. The van der Waals surface area contributed by atoms with Crippen LogP contribution in [0.1, 0.15) is 30.4 Å². The number of ether oxygens (including phenoxy) is 1. The van der Waals surface area contributed by atoms with E-state index in [0.717, 1.165) is 32.0 Å². The van der Waals surface area contributed by atoms with Crippen molar-refractivity contribution < 1.29 is 4.74 Å². The average molecular weight is 483 g/mol.